The van der Waals surface area contributed by atoms with Gasteiger partial charge in [-0.15, -0.1) is 0 Å². The van der Waals surface area contributed by atoms with Crippen molar-refractivity contribution in [3.8, 4) is 0 Å². The summed E-state index contributed by atoms with van der Waals surface area (Å²) in [5.74, 6) is 0. The molecule has 0 saturated carbocycles. The first-order valence-electron chi connectivity index (χ1n) is 6.03. The third-order valence-corrected chi connectivity index (χ3v) is 2.60. The predicted octanol–water partition coefficient (Wildman–Crippen LogP) is 3.11. The Morgan fingerprint density at radius 1 is 1.33 bits per heavy atom. The summed E-state index contributed by atoms with van der Waals surface area (Å²) in [6.45, 7) is 9.91. The number of benzene rings is 1. The monoisotopic (exact) mass is 250 g/mol. The third kappa shape index (κ3) is 4.04. The second-order valence-corrected chi connectivity index (χ2v) is 5.42. The van der Waals surface area contributed by atoms with E-state index in [1.165, 1.54) is 0 Å². The summed E-state index contributed by atoms with van der Waals surface area (Å²) in [6.07, 6.45) is -0.445. The molecular formula is C14H22N2O2. The normalized spacial score (nSPS) is 11.2. The molecule has 0 fully saturated rings. The Morgan fingerprint density at radius 2 is 1.94 bits per heavy atom. The van der Waals surface area contributed by atoms with Crippen molar-refractivity contribution in [2.45, 2.75) is 46.8 Å². The van der Waals surface area contributed by atoms with E-state index in [4.69, 9.17) is 10.5 Å². The maximum Gasteiger partial charge on any atom is 0.412 e. The van der Waals surface area contributed by atoms with Gasteiger partial charge in [-0.3, -0.25) is 5.32 Å². The van der Waals surface area contributed by atoms with Crippen molar-refractivity contribution >= 4 is 11.8 Å². The smallest absolute Gasteiger partial charge is 0.412 e. The highest BCUT2D eigenvalue weighted by molar-refractivity contribution is 5.86. The summed E-state index contributed by atoms with van der Waals surface area (Å²) in [7, 11) is 0. The van der Waals surface area contributed by atoms with Gasteiger partial charge in [0.15, 0.2) is 0 Å². The first-order chi connectivity index (χ1) is 8.23. The molecule has 0 aliphatic carbocycles. The SMILES string of the molecule is Cc1cc(CN)cc(NC(=O)OC(C)(C)C)c1C. The van der Waals surface area contributed by atoms with Crippen LogP contribution in [0.25, 0.3) is 0 Å². The lowest BCUT2D eigenvalue weighted by Gasteiger charge is -2.20. The number of hydrogen-bond donors (Lipinski definition) is 2. The molecule has 1 aromatic carbocycles. The molecule has 1 amide bonds. The Hall–Kier alpha value is -1.55. The molecule has 0 aromatic heterocycles. The molecule has 4 nitrogen and oxygen atoms in total. The minimum Gasteiger partial charge on any atom is -0.444 e. The number of rotatable bonds is 2. The standard InChI is InChI=1S/C14H22N2O2/c1-9-6-11(8-15)7-12(10(9)2)16-13(17)18-14(3,4)5/h6-7H,8,15H2,1-5H3,(H,16,17). The molecule has 1 rings (SSSR count). The molecular weight excluding hydrogens is 228 g/mol. The quantitative estimate of drug-likeness (QED) is 0.847. The largest absolute Gasteiger partial charge is 0.444 e. The summed E-state index contributed by atoms with van der Waals surface area (Å²) in [5, 5.41) is 2.77. The van der Waals surface area contributed by atoms with E-state index in [0.29, 0.717) is 6.54 Å². The minimum atomic E-state index is -0.501. The molecule has 3 N–H and O–H groups in total. The van der Waals surface area contributed by atoms with Gasteiger partial charge in [0.2, 0.25) is 0 Å². The fraction of sp³-hybridized carbons (Fsp3) is 0.500. The van der Waals surface area contributed by atoms with Crippen LogP contribution in [0.3, 0.4) is 0 Å². The van der Waals surface area contributed by atoms with Crippen LogP contribution in [0.1, 0.15) is 37.5 Å². The average molecular weight is 250 g/mol. The van der Waals surface area contributed by atoms with Crippen molar-refractivity contribution in [1.29, 1.82) is 0 Å². The average Bonchev–Trinajstić information content (AvgIpc) is 2.21. The topological polar surface area (TPSA) is 64.3 Å². The van der Waals surface area contributed by atoms with Crippen LogP contribution >= 0.6 is 0 Å². The van der Waals surface area contributed by atoms with Gasteiger partial charge in [0.1, 0.15) is 5.60 Å². The molecule has 1 aromatic rings. The van der Waals surface area contributed by atoms with E-state index in [1.54, 1.807) is 0 Å². The van der Waals surface area contributed by atoms with Crippen LogP contribution in [0.15, 0.2) is 12.1 Å². The van der Waals surface area contributed by atoms with Crippen LogP contribution in [0.2, 0.25) is 0 Å². The van der Waals surface area contributed by atoms with Gasteiger partial charge in [0.05, 0.1) is 0 Å². The molecule has 0 radical (unpaired) electrons. The molecule has 0 unspecified atom stereocenters. The zero-order valence-electron chi connectivity index (χ0n) is 11.8. The Kier molecular flexibility index (Phi) is 4.35. The lowest BCUT2D eigenvalue weighted by atomic mass is 10.0. The molecule has 0 aliphatic rings. The number of amides is 1. The summed E-state index contributed by atoms with van der Waals surface area (Å²) in [6, 6.07) is 3.90. The van der Waals surface area contributed by atoms with Crippen molar-refractivity contribution < 1.29 is 9.53 Å². The van der Waals surface area contributed by atoms with Gasteiger partial charge in [-0.25, -0.2) is 4.79 Å². The maximum atomic E-state index is 11.7. The van der Waals surface area contributed by atoms with Crippen LogP contribution in [-0.2, 0) is 11.3 Å². The van der Waals surface area contributed by atoms with E-state index >= 15 is 0 Å². The van der Waals surface area contributed by atoms with Crippen molar-refractivity contribution in [1.82, 2.24) is 0 Å². The zero-order chi connectivity index (χ0) is 13.9. The van der Waals surface area contributed by atoms with E-state index in [-0.39, 0.29) is 0 Å². The Balaban J connectivity index is 2.90. The van der Waals surface area contributed by atoms with Crippen LogP contribution in [-0.4, -0.2) is 11.7 Å². The van der Waals surface area contributed by atoms with Gasteiger partial charge in [0, 0.05) is 12.2 Å². The molecule has 0 spiro atoms. The van der Waals surface area contributed by atoms with Crippen LogP contribution in [0.5, 0.6) is 0 Å². The molecule has 0 heterocycles. The number of anilines is 1. The Morgan fingerprint density at radius 3 is 2.44 bits per heavy atom. The first kappa shape index (κ1) is 14.5. The van der Waals surface area contributed by atoms with Crippen molar-refractivity contribution in [3.63, 3.8) is 0 Å². The van der Waals surface area contributed by atoms with Crippen molar-refractivity contribution in [2.24, 2.45) is 5.73 Å². The summed E-state index contributed by atoms with van der Waals surface area (Å²) in [5.41, 5.74) is 9.00. The second kappa shape index (κ2) is 5.40. The number of carbonyl (C=O) groups is 1. The highest BCUT2D eigenvalue weighted by atomic mass is 16.6. The highest BCUT2D eigenvalue weighted by Gasteiger charge is 2.17. The van der Waals surface area contributed by atoms with Crippen LogP contribution in [0, 0.1) is 13.8 Å². The van der Waals surface area contributed by atoms with Gasteiger partial charge in [-0.1, -0.05) is 6.07 Å². The lowest BCUT2D eigenvalue weighted by molar-refractivity contribution is 0.0636. The number of nitrogens with one attached hydrogen (secondary N) is 1. The van der Waals surface area contributed by atoms with Gasteiger partial charge in [-0.05, 0) is 57.4 Å². The van der Waals surface area contributed by atoms with Gasteiger partial charge < -0.3 is 10.5 Å². The molecule has 0 atom stereocenters. The number of ether oxygens (including phenoxy) is 1. The lowest BCUT2D eigenvalue weighted by Crippen LogP contribution is -2.27. The Bertz CT molecular complexity index is 448. The van der Waals surface area contributed by atoms with E-state index in [9.17, 15) is 4.79 Å². The van der Waals surface area contributed by atoms with Crippen molar-refractivity contribution in [3.05, 3.63) is 28.8 Å². The van der Waals surface area contributed by atoms with E-state index in [2.05, 4.69) is 5.32 Å². The molecule has 0 saturated heterocycles. The van der Waals surface area contributed by atoms with Crippen LogP contribution in [0.4, 0.5) is 10.5 Å². The molecule has 4 heteroatoms. The second-order valence-electron chi connectivity index (χ2n) is 5.42. The predicted molar refractivity (Wildman–Crippen MR) is 73.7 cm³/mol. The van der Waals surface area contributed by atoms with Gasteiger partial charge >= 0.3 is 6.09 Å². The maximum absolute atomic E-state index is 11.7. The number of aryl methyl sites for hydroxylation is 1. The summed E-state index contributed by atoms with van der Waals surface area (Å²) in [4.78, 5) is 11.7. The molecule has 18 heavy (non-hydrogen) atoms. The molecule has 0 aliphatic heterocycles. The summed E-state index contributed by atoms with van der Waals surface area (Å²) < 4.78 is 5.23. The molecule has 0 bridgehead atoms. The fourth-order valence-corrected chi connectivity index (χ4v) is 1.60. The molecule has 100 valence electrons. The Labute approximate surface area is 109 Å². The zero-order valence-corrected chi connectivity index (χ0v) is 11.8. The number of nitrogens with two attached hydrogens (primary N) is 1. The number of carbonyl (C=O) groups excluding carboxylic acids is 1. The highest BCUT2D eigenvalue weighted by Crippen LogP contribution is 2.22. The first-order valence-corrected chi connectivity index (χ1v) is 6.03. The number of hydrogen-bond acceptors (Lipinski definition) is 3. The third-order valence-electron chi connectivity index (χ3n) is 2.60. The van der Waals surface area contributed by atoms with Crippen molar-refractivity contribution in [2.75, 3.05) is 5.32 Å². The van der Waals surface area contributed by atoms with Gasteiger partial charge in [0.25, 0.3) is 0 Å². The van der Waals surface area contributed by atoms with E-state index < -0.39 is 11.7 Å². The fourth-order valence-electron chi connectivity index (χ4n) is 1.60. The van der Waals surface area contributed by atoms with Crippen LogP contribution < -0.4 is 11.1 Å². The van der Waals surface area contributed by atoms with E-state index in [1.807, 2.05) is 46.8 Å². The van der Waals surface area contributed by atoms with E-state index in [0.717, 1.165) is 22.4 Å². The van der Waals surface area contributed by atoms with Gasteiger partial charge in [-0.2, -0.15) is 0 Å². The summed E-state index contributed by atoms with van der Waals surface area (Å²) >= 11 is 0. The minimum absolute atomic E-state index is 0.445.